The minimum absolute atomic E-state index is 0.260. The smallest absolute Gasteiger partial charge is 0.153 e. The molecule has 0 aliphatic carbocycles. The van der Waals surface area contributed by atoms with E-state index in [9.17, 15) is 4.39 Å². The lowest BCUT2D eigenvalue weighted by molar-refractivity contribution is 0.623. The first-order valence-electron chi connectivity index (χ1n) is 7.01. The van der Waals surface area contributed by atoms with Crippen molar-refractivity contribution < 1.29 is 8.81 Å². The zero-order valence-electron chi connectivity index (χ0n) is 11.7. The third kappa shape index (κ3) is 2.27. The SMILES string of the molecule is Fc1ccc(-c2cc3nc(-c4ccccc4)ccc3o2)cc1. The fourth-order valence-electron chi connectivity index (χ4n) is 2.45. The highest BCUT2D eigenvalue weighted by Crippen LogP contribution is 2.29. The number of pyridine rings is 1. The summed E-state index contributed by atoms with van der Waals surface area (Å²) in [6, 6.07) is 22.0. The molecule has 22 heavy (non-hydrogen) atoms. The molecule has 0 saturated carbocycles. The van der Waals surface area contributed by atoms with Crippen molar-refractivity contribution in [3.8, 4) is 22.6 Å². The van der Waals surface area contributed by atoms with E-state index < -0.39 is 0 Å². The van der Waals surface area contributed by atoms with Gasteiger partial charge in [-0.1, -0.05) is 30.3 Å². The molecule has 2 heterocycles. The molecule has 0 amide bonds. The number of hydrogen-bond acceptors (Lipinski definition) is 2. The van der Waals surface area contributed by atoms with Gasteiger partial charge < -0.3 is 4.42 Å². The summed E-state index contributed by atoms with van der Waals surface area (Å²) < 4.78 is 18.8. The summed E-state index contributed by atoms with van der Waals surface area (Å²) in [6.45, 7) is 0. The maximum atomic E-state index is 13.0. The molecule has 0 aliphatic heterocycles. The Bertz CT molecular complexity index is 927. The Morgan fingerprint density at radius 2 is 1.55 bits per heavy atom. The van der Waals surface area contributed by atoms with E-state index in [1.165, 1.54) is 12.1 Å². The van der Waals surface area contributed by atoms with Gasteiger partial charge in [0, 0.05) is 17.2 Å². The van der Waals surface area contributed by atoms with Crippen LogP contribution in [0.3, 0.4) is 0 Å². The first-order valence-corrected chi connectivity index (χ1v) is 7.01. The van der Waals surface area contributed by atoms with Crippen molar-refractivity contribution in [1.82, 2.24) is 4.98 Å². The second-order valence-electron chi connectivity index (χ2n) is 5.06. The number of halogens is 1. The fourth-order valence-corrected chi connectivity index (χ4v) is 2.45. The summed E-state index contributed by atoms with van der Waals surface area (Å²) in [6.07, 6.45) is 0. The van der Waals surface area contributed by atoms with Gasteiger partial charge in [0.2, 0.25) is 0 Å². The molecule has 106 valence electrons. The average molecular weight is 289 g/mol. The van der Waals surface area contributed by atoms with Crippen LogP contribution in [0.4, 0.5) is 4.39 Å². The molecule has 0 atom stereocenters. The van der Waals surface area contributed by atoms with Crippen LogP contribution in [-0.4, -0.2) is 4.98 Å². The molecule has 4 rings (SSSR count). The van der Waals surface area contributed by atoms with E-state index in [0.29, 0.717) is 5.76 Å². The highest BCUT2D eigenvalue weighted by atomic mass is 19.1. The molecule has 0 bridgehead atoms. The van der Waals surface area contributed by atoms with Gasteiger partial charge in [0.1, 0.15) is 17.1 Å². The Morgan fingerprint density at radius 1 is 0.773 bits per heavy atom. The number of furan rings is 1. The molecule has 0 unspecified atom stereocenters. The minimum atomic E-state index is -0.260. The molecular weight excluding hydrogens is 277 g/mol. The fraction of sp³-hybridized carbons (Fsp3) is 0. The normalized spacial score (nSPS) is 11.0. The second-order valence-corrected chi connectivity index (χ2v) is 5.06. The Balaban J connectivity index is 1.80. The molecule has 4 aromatic rings. The lowest BCUT2D eigenvalue weighted by Crippen LogP contribution is -1.82. The van der Waals surface area contributed by atoms with Crippen molar-refractivity contribution in [2.45, 2.75) is 0 Å². The van der Waals surface area contributed by atoms with Crippen LogP contribution in [0.15, 0.2) is 77.2 Å². The van der Waals surface area contributed by atoms with Crippen molar-refractivity contribution in [2.75, 3.05) is 0 Å². The first kappa shape index (κ1) is 12.8. The van der Waals surface area contributed by atoms with Gasteiger partial charge >= 0.3 is 0 Å². The van der Waals surface area contributed by atoms with E-state index in [1.54, 1.807) is 12.1 Å². The van der Waals surface area contributed by atoms with Gasteiger partial charge in [-0.05, 0) is 36.4 Å². The predicted molar refractivity (Wildman–Crippen MR) is 84.8 cm³/mol. The topological polar surface area (TPSA) is 26.0 Å². The molecule has 0 spiro atoms. The lowest BCUT2D eigenvalue weighted by Gasteiger charge is -1.99. The minimum Gasteiger partial charge on any atom is -0.454 e. The van der Waals surface area contributed by atoms with E-state index in [4.69, 9.17) is 4.42 Å². The molecule has 0 radical (unpaired) electrons. The number of hydrogen-bond donors (Lipinski definition) is 0. The number of nitrogens with zero attached hydrogens (tertiary/aromatic N) is 1. The maximum absolute atomic E-state index is 13.0. The van der Waals surface area contributed by atoms with E-state index in [0.717, 1.165) is 27.9 Å². The van der Waals surface area contributed by atoms with Crippen LogP contribution < -0.4 is 0 Å². The summed E-state index contributed by atoms with van der Waals surface area (Å²) in [5.74, 6) is 0.428. The molecule has 2 aromatic heterocycles. The summed E-state index contributed by atoms with van der Waals surface area (Å²) in [4.78, 5) is 4.64. The highest BCUT2D eigenvalue weighted by molar-refractivity contribution is 5.81. The quantitative estimate of drug-likeness (QED) is 0.500. The van der Waals surface area contributed by atoms with Crippen LogP contribution in [0.2, 0.25) is 0 Å². The monoisotopic (exact) mass is 289 g/mol. The van der Waals surface area contributed by atoms with Gasteiger partial charge in [0.15, 0.2) is 5.58 Å². The largest absolute Gasteiger partial charge is 0.454 e. The van der Waals surface area contributed by atoms with Gasteiger partial charge in [-0.25, -0.2) is 9.37 Å². The first-order chi connectivity index (χ1) is 10.8. The Hall–Kier alpha value is -2.94. The summed E-state index contributed by atoms with van der Waals surface area (Å²) in [5, 5.41) is 0. The Kier molecular flexibility index (Phi) is 2.97. The van der Waals surface area contributed by atoms with E-state index >= 15 is 0 Å². The van der Waals surface area contributed by atoms with Crippen LogP contribution in [-0.2, 0) is 0 Å². The van der Waals surface area contributed by atoms with Crippen molar-refractivity contribution in [2.24, 2.45) is 0 Å². The van der Waals surface area contributed by atoms with Crippen LogP contribution in [0.5, 0.6) is 0 Å². The molecule has 3 heteroatoms. The predicted octanol–water partition coefficient (Wildman–Crippen LogP) is 5.30. The van der Waals surface area contributed by atoms with Crippen molar-refractivity contribution in [1.29, 1.82) is 0 Å². The zero-order chi connectivity index (χ0) is 14.9. The van der Waals surface area contributed by atoms with E-state index in [-0.39, 0.29) is 5.82 Å². The average Bonchev–Trinajstić information content (AvgIpc) is 2.99. The number of aromatic nitrogens is 1. The number of benzene rings is 2. The van der Waals surface area contributed by atoms with Crippen LogP contribution in [0.25, 0.3) is 33.7 Å². The summed E-state index contributed by atoms with van der Waals surface area (Å²) in [7, 11) is 0. The molecular formula is C19H12FNO. The van der Waals surface area contributed by atoms with Gasteiger partial charge in [-0.3, -0.25) is 0 Å². The summed E-state index contributed by atoms with van der Waals surface area (Å²) in [5.41, 5.74) is 4.31. The van der Waals surface area contributed by atoms with Crippen molar-refractivity contribution in [3.05, 3.63) is 78.6 Å². The molecule has 0 fully saturated rings. The molecule has 0 saturated heterocycles. The van der Waals surface area contributed by atoms with Gasteiger partial charge in [-0.15, -0.1) is 0 Å². The Morgan fingerprint density at radius 3 is 2.32 bits per heavy atom. The van der Waals surface area contributed by atoms with Gasteiger partial charge in [0.05, 0.1) is 5.69 Å². The van der Waals surface area contributed by atoms with Crippen molar-refractivity contribution in [3.63, 3.8) is 0 Å². The third-order valence-electron chi connectivity index (χ3n) is 3.57. The lowest BCUT2D eigenvalue weighted by atomic mass is 10.1. The van der Waals surface area contributed by atoms with Crippen LogP contribution >= 0.6 is 0 Å². The molecule has 2 nitrogen and oxygen atoms in total. The van der Waals surface area contributed by atoms with Crippen LogP contribution in [0, 0.1) is 5.82 Å². The number of fused-ring (bicyclic) bond motifs is 1. The number of rotatable bonds is 2. The summed E-state index contributed by atoms with van der Waals surface area (Å²) >= 11 is 0. The molecule has 2 aromatic carbocycles. The van der Waals surface area contributed by atoms with Crippen LogP contribution in [0.1, 0.15) is 0 Å². The van der Waals surface area contributed by atoms with Gasteiger partial charge in [0.25, 0.3) is 0 Å². The standard InChI is InChI=1S/C19H12FNO/c20-15-8-6-14(7-9-15)19-12-17-18(22-19)11-10-16(21-17)13-4-2-1-3-5-13/h1-12H. The second kappa shape index (κ2) is 5.11. The molecule has 0 aliphatic rings. The maximum Gasteiger partial charge on any atom is 0.153 e. The molecule has 0 N–H and O–H groups in total. The van der Waals surface area contributed by atoms with Gasteiger partial charge in [-0.2, -0.15) is 0 Å². The van der Waals surface area contributed by atoms with Crippen molar-refractivity contribution >= 4 is 11.1 Å². The van der Waals surface area contributed by atoms with E-state index in [1.807, 2.05) is 48.5 Å². The third-order valence-corrected chi connectivity index (χ3v) is 3.57. The van der Waals surface area contributed by atoms with E-state index in [2.05, 4.69) is 4.98 Å². The zero-order valence-corrected chi connectivity index (χ0v) is 11.7. The highest BCUT2D eigenvalue weighted by Gasteiger charge is 2.09. The Labute approximate surface area is 126 Å².